The lowest BCUT2D eigenvalue weighted by molar-refractivity contribution is -0.392. The molecule has 0 spiro atoms. The van der Waals surface area contributed by atoms with Crippen LogP contribution in [0.15, 0.2) is 18.3 Å². The fourth-order valence-electron chi connectivity index (χ4n) is 2.13. The number of nitrogens with zero attached hydrogens (tertiary/aromatic N) is 4. The number of hydrogen-bond donors (Lipinski definition) is 0. The van der Waals surface area contributed by atoms with Gasteiger partial charge in [0.25, 0.3) is 0 Å². The molecule has 0 fully saturated rings. The van der Waals surface area contributed by atoms with Gasteiger partial charge in [-0.1, -0.05) is 0 Å². The lowest BCUT2D eigenvalue weighted by Gasteiger charge is -2.09. The molecule has 0 aliphatic heterocycles. The fourth-order valence-corrected chi connectivity index (χ4v) is 2.13. The summed E-state index contributed by atoms with van der Waals surface area (Å²) in [5.74, 6) is 0.721. The maximum atomic E-state index is 10.9. The summed E-state index contributed by atoms with van der Waals surface area (Å²) in [5, 5.41) is 10.9. The Kier molecular flexibility index (Phi) is 3.18. The minimum absolute atomic E-state index is 0.0509. The molecule has 0 atom stereocenters. The lowest BCUT2D eigenvalue weighted by Crippen LogP contribution is -2.12. The highest BCUT2D eigenvalue weighted by Crippen LogP contribution is 2.15. The van der Waals surface area contributed by atoms with Gasteiger partial charge in [-0.3, -0.25) is 0 Å². The normalized spacial score (nSPS) is 10.8. The van der Waals surface area contributed by atoms with Crippen LogP contribution in [-0.4, -0.2) is 19.0 Å². The van der Waals surface area contributed by atoms with Crippen molar-refractivity contribution in [3.05, 3.63) is 45.7 Å². The molecule has 0 unspecified atom stereocenters. The van der Waals surface area contributed by atoms with Crippen molar-refractivity contribution in [3.63, 3.8) is 0 Å². The average molecular weight is 248 g/mol. The minimum Gasteiger partial charge on any atom is -0.358 e. The van der Waals surface area contributed by atoms with E-state index in [0.717, 1.165) is 11.4 Å². The van der Waals surface area contributed by atoms with Crippen LogP contribution in [0.2, 0.25) is 0 Å². The van der Waals surface area contributed by atoms with E-state index in [4.69, 9.17) is 0 Å². The van der Waals surface area contributed by atoms with Crippen LogP contribution in [-0.2, 0) is 13.1 Å². The fraction of sp³-hybridized carbons (Fsp3) is 0.417. The Morgan fingerprint density at radius 3 is 2.28 bits per heavy atom. The first kappa shape index (κ1) is 12.3. The van der Waals surface area contributed by atoms with Gasteiger partial charge < -0.3 is 14.7 Å². The summed E-state index contributed by atoms with van der Waals surface area (Å²) >= 11 is 0. The summed E-state index contributed by atoms with van der Waals surface area (Å²) in [5.41, 5.74) is 2.32. The zero-order chi connectivity index (χ0) is 13.3. The first-order valence-electron chi connectivity index (χ1n) is 5.80. The summed E-state index contributed by atoms with van der Waals surface area (Å²) < 4.78 is 3.78. The van der Waals surface area contributed by atoms with Gasteiger partial charge in [0.2, 0.25) is 0 Å². The Hall–Kier alpha value is -2.11. The van der Waals surface area contributed by atoms with Crippen LogP contribution in [0, 0.1) is 30.9 Å². The highest BCUT2D eigenvalue weighted by Gasteiger charge is 2.17. The molecule has 0 radical (unpaired) electrons. The molecular weight excluding hydrogens is 232 g/mol. The van der Waals surface area contributed by atoms with Crippen molar-refractivity contribution in [3.8, 4) is 0 Å². The van der Waals surface area contributed by atoms with Crippen molar-refractivity contribution in [1.82, 2.24) is 14.1 Å². The monoisotopic (exact) mass is 248 g/mol. The summed E-state index contributed by atoms with van der Waals surface area (Å²) in [4.78, 5) is 14.5. The molecule has 0 saturated carbocycles. The Morgan fingerprint density at radius 1 is 1.17 bits per heavy atom. The SMILES string of the molecule is Cc1ccc(C)n1CCn1c([N+](=O)[O-])cnc1C. The largest absolute Gasteiger partial charge is 0.358 e. The molecule has 0 saturated heterocycles. The molecule has 0 N–H and O–H groups in total. The summed E-state index contributed by atoms with van der Waals surface area (Å²) in [7, 11) is 0. The quantitative estimate of drug-likeness (QED) is 0.615. The Balaban J connectivity index is 2.21. The smallest absolute Gasteiger partial charge is 0.342 e. The number of hydrogen-bond acceptors (Lipinski definition) is 3. The predicted octanol–water partition coefficient (Wildman–Crippen LogP) is 2.22. The number of imidazole rings is 1. The molecule has 18 heavy (non-hydrogen) atoms. The van der Waals surface area contributed by atoms with E-state index in [0.29, 0.717) is 18.9 Å². The highest BCUT2D eigenvalue weighted by molar-refractivity contribution is 5.19. The van der Waals surface area contributed by atoms with Gasteiger partial charge in [0.15, 0.2) is 5.82 Å². The molecule has 0 amide bonds. The maximum absolute atomic E-state index is 10.9. The van der Waals surface area contributed by atoms with E-state index in [1.807, 2.05) is 26.0 Å². The van der Waals surface area contributed by atoms with Gasteiger partial charge in [-0.05, 0) is 30.9 Å². The first-order chi connectivity index (χ1) is 8.50. The van der Waals surface area contributed by atoms with E-state index in [-0.39, 0.29) is 5.82 Å². The van der Waals surface area contributed by atoms with Crippen LogP contribution in [0.25, 0.3) is 0 Å². The van der Waals surface area contributed by atoms with Crippen molar-refractivity contribution >= 4 is 5.82 Å². The number of aryl methyl sites for hydroxylation is 3. The molecule has 6 nitrogen and oxygen atoms in total. The van der Waals surface area contributed by atoms with Crippen molar-refractivity contribution < 1.29 is 4.92 Å². The van der Waals surface area contributed by atoms with Gasteiger partial charge in [0.1, 0.15) is 12.7 Å². The molecule has 2 rings (SSSR count). The zero-order valence-corrected chi connectivity index (χ0v) is 10.8. The third-order valence-electron chi connectivity index (χ3n) is 3.19. The van der Waals surface area contributed by atoms with Crippen LogP contribution >= 0.6 is 0 Å². The van der Waals surface area contributed by atoms with Gasteiger partial charge >= 0.3 is 5.82 Å². The van der Waals surface area contributed by atoms with E-state index in [1.54, 1.807) is 11.5 Å². The van der Waals surface area contributed by atoms with Crippen LogP contribution < -0.4 is 0 Å². The number of rotatable bonds is 4. The third-order valence-corrected chi connectivity index (χ3v) is 3.19. The van der Waals surface area contributed by atoms with Crippen LogP contribution in [0.4, 0.5) is 5.82 Å². The molecule has 0 aromatic carbocycles. The first-order valence-corrected chi connectivity index (χ1v) is 5.80. The second-order valence-electron chi connectivity index (χ2n) is 4.34. The average Bonchev–Trinajstić information content (AvgIpc) is 2.82. The molecule has 6 heteroatoms. The Labute approximate surface area is 105 Å². The summed E-state index contributed by atoms with van der Waals surface area (Å²) in [6.45, 7) is 7.11. The van der Waals surface area contributed by atoms with E-state index in [9.17, 15) is 10.1 Å². The van der Waals surface area contributed by atoms with Crippen LogP contribution in [0.1, 0.15) is 17.2 Å². The molecule has 0 bridgehead atoms. The maximum Gasteiger partial charge on any atom is 0.342 e. The molecule has 0 aliphatic carbocycles. The standard InChI is InChI=1S/C12H16N4O2/c1-9-4-5-10(2)14(9)6-7-15-11(3)13-8-12(15)16(17)18/h4-5,8H,6-7H2,1-3H3. The summed E-state index contributed by atoms with van der Waals surface area (Å²) in [6.07, 6.45) is 1.31. The topological polar surface area (TPSA) is 65.9 Å². The van der Waals surface area contributed by atoms with Crippen molar-refractivity contribution in [2.24, 2.45) is 0 Å². The molecule has 2 aromatic heterocycles. The van der Waals surface area contributed by atoms with Gasteiger partial charge in [-0.15, -0.1) is 0 Å². The van der Waals surface area contributed by atoms with Crippen LogP contribution in [0.5, 0.6) is 0 Å². The van der Waals surface area contributed by atoms with E-state index in [1.165, 1.54) is 6.20 Å². The van der Waals surface area contributed by atoms with Gasteiger partial charge in [-0.25, -0.2) is 9.55 Å². The van der Waals surface area contributed by atoms with Crippen LogP contribution in [0.3, 0.4) is 0 Å². The van der Waals surface area contributed by atoms with Crippen molar-refractivity contribution in [2.45, 2.75) is 33.9 Å². The molecule has 2 aromatic rings. The highest BCUT2D eigenvalue weighted by atomic mass is 16.6. The second kappa shape index (κ2) is 4.64. The molecular formula is C12H16N4O2. The van der Waals surface area contributed by atoms with E-state index < -0.39 is 4.92 Å². The van der Waals surface area contributed by atoms with Gasteiger partial charge in [-0.2, -0.15) is 0 Å². The zero-order valence-electron chi connectivity index (χ0n) is 10.8. The van der Waals surface area contributed by atoms with Gasteiger partial charge in [0.05, 0.1) is 6.54 Å². The third kappa shape index (κ3) is 2.13. The Morgan fingerprint density at radius 2 is 1.72 bits per heavy atom. The number of nitro groups is 1. The van der Waals surface area contributed by atoms with Crippen molar-refractivity contribution in [1.29, 1.82) is 0 Å². The summed E-state index contributed by atoms with van der Waals surface area (Å²) in [6, 6.07) is 4.09. The van der Waals surface area contributed by atoms with Crippen molar-refractivity contribution in [2.75, 3.05) is 0 Å². The second-order valence-corrected chi connectivity index (χ2v) is 4.34. The predicted molar refractivity (Wildman–Crippen MR) is 67.5 cm³/mol. The van der Waals surface area contributed by atoms with Gasteiger partial charge in [0, 0.05) is 18.3 Å². The molecule has 96 valence electrons. The minimum atomic E-state index is -0.393. The van der Waals surface area contributed by atoms with E-state index in [2.05, 4.69) is 9.55 Å². The molecule has 2 heterocycles. The lowest BCUT2D eigenvalue weighted by atomic mass is 10.4. The van der Waals surface area contributed by atoms with E-state index >= 15 is 0 Å². The Bertz CT molecular complexity index is 563. The molecule has 0 aliphatic rings. The number of aromatic nitrogens is 3.